The van der Waals surface area contributed by atoms with Crippen molar-refractivity contribution in [1.29, 1.82) is 0 Å². The topological polar surface area (TPSA) is 65.8 Å². The summed E-state index contributed by atoms with van der Waals surface area (Å²) in [5, 5.41) is 5.59. The van der Waals surface area contributed by atoms with Crippen molar-refractivity contribution in [3.63, 3.8) is 0 Å². The number of aryl methyl sites for hydroxylation is 2. The van der Waals surface area contributed by atoms with Crippen LogP contribution in [0.15, 0.2) is 82.3 Å². The highest BCUT2D eigenvalue weighted by atomic mass is 35.5. The summed E-state index contributed by atoms with van der Waals surface area (Å²) >= 11 is 5.99. The van der Waals surface area contributed by atoms with E-state index in [9.17, 15) is 4.79 Å². The van der Waals surface area contributed by atoms with Crippen molar-refractivity contribution >= 4 is 22.6 Å². The van der Waals surface area contributed by atoms with Crippen molar-refractivity contribution < 1.29 is 4.42 Å². The van der Waals surface area contributed by atoms with Gasteiger partial charge in [-0.1, -0.05) is 41.4 Å². The highest BCUT2D eigenvalue weighted by Gasteiger charge is 2.18. The molecular formula is C24H19ClN4O2. The lowest BCUT2D eigenvalue weighted by Gasteiger charge is -2.12. The lowest BCUT2D eigenvalue weighted by atomic mass is 10.1. The summed E-state index contributed by atoms with van der Waals surface area (Å²) in [6.45, 7) is 2.48. The van der Waals surface area contributed by atoms with E-state index in [0.29, 0.717) is 40.6 Å². The number of fused-ring (bicyclic) bond motifs is 1. The summed E-state index contributed by atoms with van der Waals surface area (Å²) in [6.07, 6.45) is 3.81. The number of furan rings is 1. The first kappa shape index (κ1) is 19.3. The molecule has 5 rings (SSSR count). The van der Waals surface area contributed by atoms with Crippen LogP contribution in [0, 0.1) is 6.92 Å². The van der Waals surface area contributed by atoms with Gasteiger partial charge in [-0.2, -0.15) is 5.10 Å². The normalized spacial score (nSPS) is 11.3. The van der Waals surface area contributed by atoms with E-state index >= 15 is 0 Å². The third-order valence-corrected chi connectivity index (χ3v) is 5.50. The molecule has 6 nitrogen and oxygen atoms in total. The highest BCUT2D eigenvalue weighted by Crippen LogP contribution is 2.22. The van der Waals surface area contributed by atoms with Crippen molar-refractivity contribution in [3.05, 3.63) is 99.6 Å². The lowest BCUT2D eigenvalue weighted by Crippen LogP contribution is -2.24. The standard InChI is InChI=1S/C24H19ClN4O2/c1-16-4-10-19(11-5-16)29-22-20(15-26-29)24(30)28(23(27-22)21-3-2-14-31-21)13-12-17-6-8-18(25)9-7-17/h2-11,14-15H,12-13H2,1H3. The Hall–Kier alpha value is -3.64. The van der Waals surface area contributed by atoms with Gasteiger partial charge in [0, 0.05) is 11.6 Å². The van der Waals surface area contributed by atoms with Crippen LogP contribution in [0.2, 0.25) is 5.02 Å². The van der Waals surface area contributed by atoms with Gasteiger partial charge in [0.2, 0.25) is 0 Å². The first-order chi connectivity index (χ1) is 15.1. The van der Waals surface area contributed by atoms with Gasteiger partial charge in [-0.05, 0) is 55.3 Å². The van der Waals surface area contributed by atoms with Crippen LogP contribution in [0.25, 0.3) is 28.3 Å². The Kier molecular flexibility index (Phi) is 4.92. The number of nitrogens with zero attached hydrogens (tertiary/aromatic N) is 4. The maximum absolute atomic E-state index is 13.4. The molecule has 3 heterocycles. The predicted molar refractivity (Wildman–Crippen MR) is 121 cm³/mol. The molecule has 0 N–H and O–H groups in total. The van der Waals surface area contributed by atoms with E-state index in [-0.39, 0.29) is 5.56 Å². The minimum absolute atomic E-state index is 0.149. The molecule has 0 saturated carbocycles. The van der Waals surface area contributed by atoms with Gasteiger partial charge in [-0.25, -0.2) is 9.67 Å². The summed E-state index contributed by atoms with van der Waals surface area (Å²) in [5.74, 6) is 1.01. The van der Waals surface area contributed by atoms with Crippen molar-refractivity contribution in [3.8, 4) is 17.3 Å². The zero-order chi connectivity index (χ0) is 21.4. The van der Waals surface area contributed by atoms with E-state index in [4.69, 9.17) is 21.0 Å². The first-order valence-electron chi connectivity index (χ1n) is 9.94. The van der Waals surface area contributed by atoms with Gasteiger partial charge in [0.05, 0.1) is 18.1 Å². The van der Waals surface area contributed by atoms with E-state index in [1.165, 1.54) is 0 Å². The molecule has 0 unspecified atom stereocenters. The number of hydrogen-bond donors (Lipinski definition) is 0. The van der Waals surface area contributed by atoms with Crippen molar-refractivity contribution in [2.45, 2.75) is 19.9 Å². The van der Waals surface area contributed by atoms with Crippen LogP contribution in [0.1, 0.15) is 11.1 Å². The molecule has 0 amide bonds. The number of rotatable bonds is 5. The van der Waals surface area contributed by atoms with E-state index in [1.807, 2.05) is 55.5 Å². The number of benzene rings is 2. The Morgan fingerprint density at radius 3 is 2.52 bits per heavy atom. The predicted octanol–water partition coefficient (Wildman–Crippen LogP) is 5.05. The smallest absolute Gasteiger partial charge is 0.265 e. The molecule has 5 aromatic rings. The lowest BCUT2D eigenvalue weighted by molar-refractivity contribution is 0.562. The SMILES string of the molecule is Cc1ccc(-n2ncc3c(=O)n(CCc4ccc(Cl)cc4)c(-c4ccco4)nc32)cc1. The van der Waals surface area contributed by atoms with Crippen LogP contribution < -0.4 is 5.56 Å². The summed E-state index contributed by atoms with van der Waals surface area (Å²) in [5.41, 5.74) is 3.43. The zero-order valence-corrected chi connectivity index (χ0v) is 17.6. The molecule has 0 aliphatic rings. The number of halogens is 1. The second kappa shape index (κ2) is 7.89. The van der Waals surface area contributed by atoms with E-state index < -0.39 is 0 Å². The minimum atomic E-state index is -0.149. The van der Waals surface area contributed by atoms with Gasteiger partial charge in [-0.3, -0.25) is 9.36 Å². The first-order valence-corrected chi connectivity index (χ1v) is 10.3. The van der Waals surface area contributed by atoms with Gasteiger partial charge in [0.1, 0.15) is 5.39 Å². The molecule has 0 bridgehead atoms. The Morgan fingerprint density at radius 1 is 1.03 bits per heavy atom. The highest BCUT2D eigenvalue weighted by molar-refractivity contribution is 6.30. The van der Waals surface area contributed by atoms with Gasteiger partial charge >= 0.3 is 0 Å². The molecule has 154 valence electrons. The zero-order valence-electron chi connectivity index (χ0n) is 16.8. The minimum Gasteiger partial charge on any atom is -0.461 e. The maximum atomic E-state index is 13.4. The van der Waals surface area contributed by atoms with Crippen LogP contribution in [-0.2, 0) is 13.0 Å². The molecule has 0 atom stereocenters. The van der Waals surface area contributed by atoms with Crippen LogP contribution in [-0.4, -0.2) is 19.3 Å². The summed E-state index contributed by atoms with van der Waals surface area (Å²) in [7, 11) is 0. The monoisotopic (exact) mass is 430 g/mol. The molecule has 7 heteroatoms. The largest absolute Gasteiger partial charge is 0.461 e. The fourth-order valence-electron chi connectivity index (χ4n) is 3.57. The molecule has 0 saturated heterocycles. The molecule has 0 aliphatic heterocycles. The van der Waals surface area contributed by atoms with Gasteiger partial charge < -0.3 is 4.42 Å². The van der Waals surface area contributed by atoms with Crippen LogP contribution in [0.5, 0.6) is 0 Å². The van der Waals surface area contributed by atoms with Crippen molar-refractivity contribution in [1.82, 2.24) is 19.3 Å². The fraction of sp³-hybridized carbons (Fsp3) is 0.125. The average molecular weight is 431 g/mol. The van der Waals surface area contributed by atoms with Gasteiger partial charge in [0.15, 0.2) is 17.2 Å². The van der Waals surface area contributed by atoms with Crippen LogP contribution in [0.4, 0.5) is 0 Å². The molecule has 0 radical (unpaired) electrons. The Balaban J connectivity index is 1.63. The Labute approximate surface area is 183 Å². The molecule has 2 aromatic carbocycles. The molecule has 31 heavy (non-hydrogen) atoms. The van der Waals surface area contributed by atoms with Crippen LogP contribution >= 0.6 is 11.6 Å². The number of hydrogen-bond acceptors (Lipinski definition) is 4. The average Bonchev–Trinajstić information content (AvgIpc) is 3.45. The third kappa shape index (κ3) is 3.66. The fourth-order valence-corrected chi connectivity index (χ4v) is 3.70. The van der Waals surface area contributed by atoms with E-state index in [2.05, 4.69) is 5.10 Å². The second-order valence-corrected chi connectivity index (χ2v) is 7.81. The Bertz CT molecular complexity index is 1400. The van der Waals surface area contributed by atoms with Gasteiger partial charge in [0.25, 0.3) is 5.56 Å². The second-order valence-electron chi connectivity index (χ2n) is 7.38. The molecule has 0 aliphatic carbocycles. The molecular weight excluding hydrogens is 412 g/mol. The summed E-state index contributed by atoms with van der Waals surface area (Å²) in [6, 6.07) is 19.1. The quantitative estimate of drug-likeness (QED) is 0.391. The summed E-state index contributed by atoms with van der Waals surface area (Å²) in [4.78, 5) is 18.2. The van der Waals surface area contributed by atoms with Crippen LogP contribution in [0.3, 0.4) is 0 Å². The Morgan fingerprint density at radius 2 is 1.81 bits per heavy atom. The number of aromatic nitrogens is 4. The summed E-state index contributed by atoms with van der Waals surface area (Å²) < 4.78 is 8.94. The van der Waals surface area contributed by atoms with E-state index in [0.717, 1.165) is 16.8 Å². The van der Waals surface area contributed by atoms with Crippen molar-refractivity contribution in [2.75, 3.05) is 0 Å². The van der Waals surface area contributed by atoms with Crippen molar-refractivity contribution in [2.24, 2.45) is 0 Å². The van der Waals surface area contributed by atoms with Gasteiger partial charge in [-0.15, -0.1) is 0 Å². The van der Waals surface area contributed by atoms with E-state index in [1.54, 1.807) is 33.8 Å². The molecule has 3 aromatic heterocycles. The third-order valence-electron chi connectivity index (χ3n) is 5.24. The molecule has 0 fully saturated rings. The maximum Gasteiger partial charge on any atom is 0.265 e. The molecule has 0 spiro atoms.